The van der Waals surface area contributed by atoms with Gasteiger partial charge in [-0.2, -0.15) is 0 Å². The predicted molar refractivity (Wildman–Crippen MR) is 58.6 cm³/mol. The van der Waals surface area contributed by atoms with Crippen molar-refractivity contribution in [3.63, 3.8) is 0 Å². The second-order valence-corrected chi connectivity index (χ2v) is 4.07. The van der Waals surface area contributed by atoms with E-state index in [1.807, 2.05) is 0 Å². The fourth-order valence-electron chi connectivity index (χ4n) is 1.87. The van der Waals surface area contributed by atoms with Gasteiger partial charge in [-0.3, -0.25) is 0 Å². The maximum absolute atomic E-state index is 11.2. The summed E-state index contributed by atoms with van der Waals surface area (Å²) in [6, 6.07) is 0.209. The summed E-state index contributed by atoms with van der Waals surface area (Å²) in [7, 11) is 1.61. The highest BCUT2D eigenvalue weighted by Crippen LogP contribution is 2.22. The molecule has 1 saturated carbocycles. The Bertz CT molecular complexity index is 199. The average Bonchev–Trinajstić information content (AvgIpc) is 2.62. The SMILES string of the molecule is COCCNC(=O)NCC1CCC(N)C1. The summed E-state index contributed by atoms with van der Waals surface area (Å²) in [5.41, 5.74) is 5.78. The van der Waals surface area contributed by atoms with Gasteiger partial charge < -0.3 is 21.1 Å². The fraction of sp³-hybridized carbons (Fsp3) is 0.900. The van der Waals surface area contributed by atoms with Crippen molar-refractivity contribution in [3.05, 3.63) is 0 Å². The Hall–Kier alpha value is -0.810. The number of urea groups is 1. The smallest absolute Gasteiger partial charge is 0.314 e. The molecule has 1 fully saturated rings. The van der Waals surface area contributed by atoms with E-state index in [1.165, 1.54) is 0 Å². The van der Waals surface area contributed by atoms with E-state index >= 15 is 0 Å². The standard InChI is InChI=1S/C10H21N3O2/c1-15-5-4-12-10(14)13-7-8-2-3-9(11)6-8/h8-9H,2-7,11H2,1H3,(H2,12,13,14). The van der Waals surface area contributed by atoms with Gasteiger partial charge in [0.2, 0.25) is 0 Å². The van der Waals surface area contributed by atoms with Crippen LogP contribution in [0.25, 0.3) is 0 Å². The summed E-state index contributed by atoms with van der Waals surface area (Å²) in [6.45, 7) is 1.82. The maximum Gasteiger partial charge on any atom is 0.314 e. The van der Waals surface area contributed by atoms with Crippen molar-refractivity contribution in [2.75, 3.05) is 26.8 Å². The molecule has 5 heteroatoms. The Morgan fingerprint density at radius 2 is 2.27 bits per heavy atom. The Morgan fingerprint density at radius 3 is 2.87 bits per heavy atom. The van der Waals surface area contributed by atoms with Gasteiger partial charge in [-0.1, -0.05) is 0 Å². The van der Waals surface area contributed by atoms with Crippen LogP contribution in [0, 0.1) is 5.92 Å². The number of carbonyl (C=O) groups is 1. The summed E-state index contributed by atoms with van der Waals surface area (Å²) in [6.07, 6.45) is 3.23. The van der Waals surface area contributed by atoms with E-state index in [9.17, 15) is 4.79 Å². The van der Waals surface area contributed by atoms with Crippen LogP contribution in [0.5, 0.6) is 0 Å². The third-order valence-electron chi connectivity index (χ3n) is 2.72. The van der Waals surface area contributed by atoms with Gasteiger partial charge in [0, 0.05) is 26.2 Å². The maximum atomic E-state index is 11.2. The van der Waals surface area contributed by atoms with Gasteiger partial charge in [0.25, 0.3) is 0 Å². The third kappa shape index (κ3) is 4.99. The quantitative estimate of drug-likeness (QED) is 0.568. The molecule has 2 atom stereocenters. The van der Waals surface area contributed by atoms with Gasteiger partial charge in [0.05, 0.1) is 6.61 Å². The lowest BCUT2D eigenvalue weighted by atomic mass is 10.1. The van der Waals surface area contributed by atoms with Gasteiger partial charge in [0.1, 0.15) is 0 Å². The van der Waals surface area contributed by atoms with E-state index in [0.29, 0.717) is 25.1 Å². The van der Waals surface area contributed by atoms with Crippen LogP contribution in [0.2, 0.25) is 0 Å². The van der Waals surface area contributed by atoms with E-state index in [2.05, 4.69) is 10.6 Å². The number of amides is 2. The van der Waals surface area contributed by atoms with Crippen LogP contribution in [0.1, 0.15) is 19.3 Å². The summed E-state index contributed by atoms with van der Waals surface area (Å²) in [5, 5.41) is 5.56. The van der Waals surface area contributed by atoms with Crippen molar-refractivity contribution < 1.29 is 9.53 Å². The molecule has 2 amide bonds. The predicted octanol–water partition coefficient (Wildman–Crippen LogP) is 0.0594. The topological polar surface area (TPSA) is 76.4 Å². The number of ether oxygens (including phenoxy) is 1. The normalized spacial score (nSPS) is 25.2. The second kappa shape index (κ2) is 6.63. The number of hydrogen-bond acceptors (Lipinski definition) is 3. The molecule has 88 valence electrons. The highest BCUT2D eigenvalue weighted by Gasteiger charge is 2.21. The van der Waals surface area contributed by atoms with Gasteiger partial charge in [0.15, 0.2) is 0 Å². The number of methoxy groups -OCH3 is 1. The van der Waals surface area contributed by atoms with E-state index < -0.39 is 0 Å². The van der Waals surface area contributed by atoms with Crippen LogP contribution in [-0.2, 0) is 4.74 Å². The van der Waals surface area contributed by atoms with Gasteiger partial charge in [-0.05, 0) is 25.2 Å². The second-order valence-electron chi connectivity index (χ2n) is 4.07. The highest BCUT2D eigenvalue weighted by atomic mass is 16.5. The van der Waals surface area contributed by atoms with Gasteiger partial charge >= 0.3 is 6.03 Å². The molecule has 0 aromatic carbocycles. The Kier molecular flexibility index (Phi) is 5.42. The van der Waals surface area contributed by atoms with E-state index in [4.69, 9.17) is 10.5 Å². The highest BCUT2D eigenvalue weighted by molar-refractivity contribution is 5.73. The summed E-state index contributed by atoms with van der Waals surface area (Å²) in [4.78, 5) is 11.2. The van der Waals surface area contributed by atoms with Crippen LogP contribution in [0.15, 0.2) is 0 Å². The number of hydrogen-bond donors (Lipinski definition) is 3. The Morgan fingerprint density at radius 1 is 1.47 bits per heavy atom. The lowest BCUT2D eigenvalue weighted by molar-refractivity contribution is 0.195. The molecule has 0 spiro atoms. The monoisotopic (exact) mass is 215 g/mol. The molecule has 1 aliphatic carbocycles. The molecule has 0 aromatic heterocycles. The number of rotatable bonds is 5. The van der Waals surface area contributed by atoms with Crippen molar-refractivity contribution in [2.45, 2.75) is 25.3 Å². The minimum absolute atomic E-state index is 0.118. The van der Waals surface area contributed by atoms with Crippen molar-refractivity contribution in [3.8, 4) is 0 Å². The lowest BCUT2D eigenvalue weighted by Crippen LogP contribution is -2.39. The molecule has 1 aliphatic rings. The van der Waals surface area contributed by atoms with E-state index in [1.54, 1.807) is 7.11 Å². The molecule has 4 N–H and O–H groups in total. The van der Waals surface area contributed by atoms with Gasteiger partial charge in [-0.25, -0.2) is 4.79 Å². The summed E-state index contributed by atoms with van der Waals surface area (Å²) >= 11 is 0. The molecule has 1 rings (SSSR count). The molecular weight excluding hydrogens is 194 g/mol. The number of nitrogens with two attached hydrogens (primary N) is 1. The number of nitrogens with one attached hydrogen (secondary N) is 2. The summed E-state index contributed by atoms with van der Waals surface area (Å²) < 4.78 is 4.83. The molecule has 0 aromatic rings. The zero-order valence-corrected chi connectivity index (χ0v) is 9.29. The lowest BCUT2D eigenvalue weighted by Gasteiger charge is -2.11. The molecule has 0 bridgehead atoms. The summed E-state index contributed by atoms with van der Waals surface area (Å²) in [5.74, 6) is 0.549. The zero-order chi connectivity index (χ0) is 11.1. The molecular formula is C10H21N3O2. The van der Waals surface area contributed by atoms with Crippen LogP contribution in [0.3, 0.4) is 0 Å². The van der Waals surface area contributed by atoms with Crippen LogP contribution in [-0.4, -0.2) is 38.9 Å². The molecule has 5 nitrogen and oxygen atoms in total. The van der Waals surface area contributed by atoms with E-state index in [-0.39, 0.29) is 6.03 Å². The largest absolute Gasteiger partial charge is 0.383 e. The van der Waals surface area contributed by atoms with Crippen LogP contribution >= 0.6 is 0 Å². The van der Waals surface area contributed by atoms with Crippen LogP contribution < -0.4 is 16.4 Å². The average molecular weight is 215 g/mol. The molecule has 0 saturated heterocycles. The van der Waals surface area contributed by atoms with Crippen LogP contribution in [0.4, 0.5) is 4.79 Å². The van der Waals surface area contributed by atoms with Crippen molar-refractivity contribution in [2.24, 2.45) is 11.7 Å². The zero-order valence-electron chi connectivity index (χ0n) is 9.29. The van der Waals surface area contributed by atoms with Crippen molar-refractivity contribution in [1.82, 2.24) is 10.6 Å². The first-order valence-electron chi connectivity index (χ1n) is 5.48. The third-order valence-corrected chi connectivity index (χ3v) is 2.72. The Balaban J connectivity index is 2.01. The molecule has 2 unspecified atom stereocenters. The molecule has 15 heavy (non-hydrogen) atoms. The minimum atomic E-state index is -0.118. The number of carbonyl (C=O) groups excluding carboxylic acids is 1. The van der Waals surface area contributed by atoms with Crippen molar-refractivity contribution >= 4 is 6.03 Å². The first-order valence-corrected chi connectivity index (χ1v) is 5.48. The molecule has 0 heterocycles. The van der Waals surface area contributed by atoms with E-state index in [0.717, 1.165) is 25.8 Å². The molecule has 0 aliphatic heterocycles. The first-order chi connectivity index (χ1) is 7.22. The Labute approximate surface area is 90.7 Å². The molecule has 0 radical (unpaired) electrons. The first kappa shape index (κ1) is 12.3. The minimum Gasteiger partial charge on any atom is -0.383 e. The fourth-order valence-corrected chi connectivity index (χ4v) is 1.87. The van der Waals surface area contributed by atoms with Crippen molar-refractivity contribution in [1.29, 1.82) is 0 Å². The van der Waals surface area contributed by atoms with Gasteiger partial charge in [-0.15, -0.1) is 0 Å².